The van der Waals surface area contributed by atoms with Gasteiger partial charge in [0.25, 0.3) is 0 Å². The van der Waals surface area contributed by atoms with Crippen LogP contribution >= 0.6 is 0 Å². The Labute approximate surface area is 107 Å². The lowest BCUT2D eigenvalue weighted by molar-refractivity contribution is 0.770. The Morgan fingerprint density at radius 3 is 2.56 bits per heavy atom. The number of nitrogen functional groups attached to an aromatic ring is 1. The van der Waals surface area contributed by atoms with Gasteiger partial charge in [0, 0.05) is 18.7 Å². The molecule has 0 spiro atoms. The van der Waals surface area contributed by atoms with Crippen molar-refractivity contribution >= 4 is 16.9 Å². The molecule has 98 valence electrons. The summed E-state index contributed by atoms with van der Waals surface area (Å²) in [6, 6.07) is 0. The minimum Gasteiger partial charge on any atom is -0.382 e. The molecular weight excluding hydrogens is 226 g/mol. The van der Waals surface area contributed by atoms with Crippen molar-refractivity contribution in [2.24, 2.45) is 0 Å². The molecule has 0 atom stereocenters. The average Bonchev–Trinajstić information content (AvgIpc) is 2.72. The van der Waals surface area contributed by atoms with Gasteiger partial charge >= 0.3 is 0 Å². The monoisotopic (exact) mass is 247 g/mol. The average molecular weight is 247 g/mol. The van der Waals surface area contributed by atoms with Crippen LogP contribution in [0.2, 0.25) is 0 Å². The fourth-order valence-corrected chi connectivity index (χ4v) is 2.11. The molecule has 2 rings (SSSR count). The molecule has 5 heteroatoms. The van der Waals surface area contributed by atoms with Crippen molar-refractivity contribution < 1.29 is 0 Å². The standard InChI is InChI=1S/C13H21N5/c1-5-7-15-18-10(6-2)17-11-12(18)8(3)9(4)16-13(11)14/h15H,5-7H2,1-4H3,(H2,14,16). The van der Waals surface area contributed by atoms with E-state index in [2.05, 4.69) is 40.8 Å². The number of rotatable bonds is 4. The third-order valence-corrected chi connectivity index (χ3v) is 3.21. The molecule has 0 saturated carbocycles. The van der Waals surface area contributed by atoms with Gasteiger partial charge in [0.2, 0.25) is 0 Å². The first-order valence-corrected chi connectivity index (χ1v) is 6.48. The first-order chi connectivity index (χ1) is 8.60. The predicted molar refractivity (Wildman–Crippen MR) is 75.3 cm³/mol. The number of hydrogen-bond acceptors (Lipinski definition) is 4. The van der Waals surface area contributed by atoms with E-state index in [0.29, 0.717) is 5.82 Å². The Morgan fingerprint density at radius 1 is 1.22 bits per heavy atom. The van der Waals surface area contributed by atoms with E-state index >= 15 is 0 Å². The van der Waals surface area contributed by atoms with Crippen molar-refractivity contribution in [3.63, 3.8) is 0 Å². The Balaban J connectivity index is 2.71. The van der Waals surface area contributed by atoms with Gasteiger partial charge < -0.3 is 11.2 Å². The summed E-state index contributed by atoms with van der Waals surface area (Å²) in [6.07, 6.45) is 1.94. The molecule has 0 unspecified atom stereocenters. The maximum absolute atomic E-state index is 5.98. The molecule has 0 bridgehead atoms. The Hall–Kier alpha value is -1.78. The molecule has 0 aromatic carbocycles. The topological polar surface area (TPSA) is 68.8 Å². The highest BCUT2D eigenvalue weighted by Crippen LogP contribution is 2.25. The zero-order valence-corrected chi connectivity index (χ0v) is 11.5. The van der Waals surface area contributed by atoms with E-state index in [4.69, 9.17) is 5.73 Å². The van der Waals surface area contributed by atoms with Gasteiger partial charge in [-0.3, -0.25) is 0 Å². The second-order valence-electron chi connectivity index (χ2n) is 4.53. The molecule has 0 fully saturated rings. The van der Waals surface area contributed by atoms with E-state index in [1.54, 1.807) is 0 Å². The van der Waals surface area contributed by atoms with Gasteiger partial charge in [-0.05, 0) is 25.8 Å². The van der Waals surface area contributed by atoms with Crippen molar-refractivity contribution in [1.29, 1.82) is 0 Å². The van der Waals surface area contributed by atoms with Crippen LogP contribution in [0.25, 0.3) is 11.0 Å². The number of fused-ring (bicyclic) bond motifs is 1. The summed E-state index contributed by atoms with van der Waals surface area (Å²) in [6.45, 7) is 9.20. The third-order valence-electron chi connectivity index (χ3n) is 3.21. The zero-order chi connectivity index (χ0) is 13.3. The van der Waals surface area contributed by atoms with E-state index in [0.717, 1.165) is 47.5 Å². The van der Waals surface area contributed by atoms with Gasteiger partial charge in [-0.25, -0.2) is 14.6 Å². The molecule has 2 heterocycles. The van der Waals surface area contributed by atoms with Crippen LogP contribution in [0.5, 0.6) is 0 Å². The molecule has 0 aliphatic carbocycles. The van der Waals surface area contributed by atoms with Crippen LogP contribution in [0, 0.1) is 13.8 Å². The highest BCUT2D eigenvalue weighted by Gasteiger charge is 2.16. The molecule has 0 amide bonds. The van der Waals surface area contributed by atoms with E-state index in [9.17, 15) is 0 Å². The maximum atomic E-state index is 5.98. The normalized spacial score (nSPS) is 11.1. The molecule has 0 saturated heterocycles. The summed E-state index contributed by atoms with van der Waals surface area (Å²) in [5.41, 5.74) is 13.3. The van der Waals surface area contributed by atoms with Crippen molar-refractivity contribution in [3.8, 4) is 0 Å². The van der Waals surface area contributed by atoms with Crippen LogP contribution in [0.15, 0.2) is 0 Å². The Bertz CT molecular complexity index is 571. The number of aromatic nitrogens is 3. The number of imidazole rings is 1. The maximum Gasteiger partial charge on any atom is 0.151 e. The summed E-state index contributed by atoms with van der Waals surface area (Å²) in [5, 5.41) is 0. The van der Waals surface area contributed by atoms with Gasteiger partial charge in [0.05, 0.1) is 5.52 Å². The number of nitrogens with two attached hydrogens (primary N) is 1. The first kappa shape index (κ1) is 12.7. The predicted octanol–water partition coefficient (Wildman–Crippen LogP) is 2.15. The Morgan fingerprint density at radius 2 is 1.94 bits per heavy atom. The number of nitrogens with one attached hydrogen (secondary N) is 1. The molecule has 0 aliphatic rings. The largest absolute Gasteiger partial charge is 0.382 e. The van der Waals surface area contributed by atoms with Crippen molar-refractivity contribution in [2.45, 2.75) is 40.5 Å². The molecule has 3 N–H and O–H groups in total. The van der Waals surface area contributed by atoms with E-state index in [1.165, 1.54) is 0 Å². The third kappa shape index (κ3) is 1.89. The lowest BCUT2D eigenvalue weighted by atomic mass is 10.2. The number of aryl methyl sites for hydroxylation is 3. The fraction of sp³-hybridized carbons (Fsp3) is 0.538. The minimum absolute atomic E-state index is 0.514. The van der Waals surface area contributed by atoms with Crippen molar-refractivity contribution in [2.75, 3.05) is 17.7 Å². The molecule has 18 heavy (non-hydrogen) atoms. The first-order valence-electron chi connectivity index (χ1n) is 6.48. The van der Waals surface area contributed by atoms with E-state index in [1.807, 2.05) is 6.92 Å². The molecule has 0 radical (unpaired) electrons. The van der Waals surface area contributed by atoms with Gasteiger partial charge in [0.15, 0.2) is 5.82 Å². The summed E-state index contributed by atoms with van der Waals surface area (Å²) in [4.78, 5) is 8.94. The SMILES string of the molecule is CCCNn1c(CC)nc2c(N)nc(C)c(C)c21. The van der Waals surface area contributed by atoms with E-state index < -0.39 is 0 Å². The molecule has 5 nitrogen and oxygen atoms in total. The molecule has 2 aromatic rings. The van der Waals surface area contributed by atoms with E-state index in [-0.39, 0.29) is 0 Å². The molecular formula is C13H21N5. The summed E-state index contributed by atoms with van der Waals surface area (Å²) in [7, 11) is 0. The lowest BCUT2D eigenvalue weighted by Gasteiger charge is -2.12. The van der Waals surface area contributed by atoms with Crippen molar-refractivity contribution in [1.82, 2.24) is 14.6 Å². The van der Waals surface area contributed by atoms with Crippen LogP contribution in [0.1, 0.15) is 37.4 Å². The number of hydrogen-bond donors (Lipinski definition) is 2. The highest BCUT2D eigenvalue weighted by molar-refractivity contribution is 5.88. The van der Waals surface area contributed by atoms with Crippen LogP contribution in [-0.4, -0.2) is 21.2 Å². The number of anilines is 1. The fourth-order valence-electron chi connectivity index (χ4n) is 2.11. The van der Waals surface area contributed by atoms with Gasteiger partial charge in [-0.15, -0.1) is 0 Å². The van der Waals surface area contributed by atoms with Crippen molar-refractivity contribution in [3.05, 3.63) is 17.1 Å². The number of nitrogens with zero attached hydrogens (tertiary/aromatic N) is 3. The molecule has 2 aromatic heterocycles. The van der Waals surface area contributed by atoms with Crippen LogP contribution < -0.4 is 11.2 Å². The second-order valence-corrected chi connectivity index (χ2v) is 4.53. The minimum atomic E-state index is 0.514. The van der Waals surface area contributed by atoms with Crippen LogP contribution in [-0.2, 0) is 6.42 Å². The van der Waals surface area contributed by atoms with Gasteiger partial charge in [-0.2, -0.15) is 0 Å². The Kier molecular flexibility index (Phi) is 3.41. The van der Waals surface area contributed by atoms with Gasteiger partial charge in [-0.1, -0.05) is 13.8 Å². The lowest BCUT2D eigenvalue weighted by Crippen LogP contribution is -2.18. The quantitative estimate of drug-likeness (QED) is 0.868. The summed E-state index contributed by atoms with van der Waals surface area (Å²) in [5.74, 6) is 1.51. The van der Waals surface area contributed by atoms with Crippen LogP contribution in [0.4, 0.5) is 5.82 Å². The second kappa shape index (κ2) is 4.84. The smallest absolute Gasteiger partial charge is 0.151 e. The zero-order valence-electron chi connectivity index (χ0n) is 11.5. The summed E-state index contributed by atoms with van der Waals surface area (Å²) >= 11 is 0. The molecule has 0 aliphatic heterocycles. The van der Waals surface area contributed by atoms with Crippen LogP contribution in [0.3, 0.4) is 0 Å². The van der Waals surface area contributed by atoms with Gasteiger partial charge in [0.1, 0.15) is 11.3 Å². The summed E-state index contributed by atoms with van der Waals surface area (Å²) < 4.78 is 2.07. The highest BCUT2D eigenvalue weighted by atomic mass is 15.4. The number of pyridine rings is 1.